The zero-order valence-corrected chi connectivity index (χ0v) is 12.1. The topological polar surface area (TPSA) is 53.6 Å². The number of nitrogens with one attached hydrogen (secondary N) is 2. The number of nitrogens with zero attached hydrogens (tertiary/aromatic N) is 1. The molecule has 0 radical (unpaired) electrons. The number of halogens is 1. The third kappa shape index (κ3) is 3.15. The van der Waals surface area contributed by atoms with Crippen molar-refractivity contribution in [2.45, 2.75) is 11.8 Å². The Morgan fingerprint density at radius 1 is 1.47 bits per heavy atom. The molecule has 0 aliphatic carbocycles. The molecule has 0 fully saturated rings. The first-order valence-corrected chi connectivity index (χ1v) is 6.92. The number of carbonyl (C=O) groups is 1. The maximum Gasteiger partial charge on any atom is 0.358 e. The standard InChI is InChI=1S/C12H14ClN3O2S/c1-3-18-12(17)10-11(14-15-16(10)2)19-9-7-5-4-6-8(9)13/h4-7,14-15H,3H2,1-2H3. The predicted octanol–water partition coefficient (Wildman–Crippen LogP) is 2.12. The summed E-state index contributed by atoms with van der Waals surface area (Å²) < 4.78 is 5.03. The predicted molar refractivity (Wildman–Crippen MR) is 75.0 cm³/mol. The lowest BCUT2D eigenvalue weighted by Gasteiger charge is -2.12. The summed E-state index contributed by atoms with van der Waals surface area (Å²) in [5.41, 5.74) is 6.21. The van der Waals surface area contributed by atoms with Crippen LogP contribution in [-0.4, -0.2) is 24.6 Å². The number of esters is 1. The molecule has 2 N–H and O–H groups in total. The molecule has 1 aliphatic rings. The zero-order chi connectivity index (χ0) is 13.8. The molecular formula is C12H14ClN3O2S. The third-order valence-electron chi connectivity index (χ3n) is 2.41. The first-order valence-electron chi connectivity index (χ1n) is 5.72. The molecule has 5 nitrogen and oxygen atoms in total. The normalized spacial score (nSPS) is 14.6. The van der Waals surface area contributed by atoms with Gasteiger partial charge in [0.2, 0.25) is 0 Å². The summed E-state index contributed by atoms with van der Waals surface area (Å²) in [6, 6.07) is 7.45. The summed E-state index contributed by atoms with van der Waals surface area (Å²) in [5, 5.41) is 2.88. The van der Waals surface area contributed by atoms with E-state index in [0.717, 1.165) is 4.90 Å². The van der Waals surface area contributed by atoms with Gasteiger partial charge >= 0.3 is 5.97 Å². The van der Waals surface area contributed by atoms with Crippen molar-refractivity contribution in [1.29, 1.82) is 0 Å². The molecule has 0 atom stereocenters. The van der Waals surface area contributed by atoms with Crippen LogP contribution in [0.1, 0.15) is 6.92 Å². The average molecular weight is 300 g/mol. The van der Waals surface area contributed by atoms with Crippen LogP contribution in [0, 0.1) is 0 Å². The van der Waals surface area contributed by atoms with Gasteiger partial charge in [-0.3, -0.25) is 10.4 Å². The van der Waals surface area contributed by atoms with E-state index < -0.39 is 0 Å². The molecule has 7 heteroatoms. The van der Waals surface area contributed by atoms with Gasteiger partial charge in [-0.2, -0.15) is 0 Å². The number of likely N-dealkylation sites (N-methyl/N-ethyl adjacent to an activating group) is 1. The highest BCUT2D eigenvalue weighted by Gasteiger charge is 2.27. The van der Waals surface area contributed by atoms with Crippen LogP contribution in [0.5, 0.6) is 0 Å². The van der Waals surface area contributed by atoms with Crippen molar-refractivity contribution in [2.75, 3.05) is 13.7 Å². The second kappa shape index (κ2) is 6.18. The lowest BCUT2D eigenvalue weighted by Crippen LogP contribution is -2.36. The fourth-order valence-corrected chi connectivity index (χ4v) is 2.74. The van der Waals surface area contributed by atoms with Gasteiger partial charge in [0, 0.05) is 11.9 Å². The van der Waals surface area contributed by atoms with Gasteiger partial charge in [0.15, 0.2) is 5.70 Å². The Balaban J connectivity index is 2.26. The highest BCUT2D eigenvalue weighted by molar-refractivity contribution is 8.03. The van der Waals surface area contributed by atoms with Crippen LogP contribution in [0.4, 0.5) is 0 Å². The Hall–Kier alpha value is -1.37. The van der Waals surface area contributed by atoms with Gasteiger partial charge in [-0.25, -0.2) is 4.79 Å². The molecule has 2 rings (SSSR count). The van der Waals surface area contributed by atoms with Crippen molar-refractivity contribution in [3.8, 4) is 0 Å². The van der Waals surface area contributed by atoms with Crippen molar-refractivity contribution in [3.05, 3.63) is 40.0 Å². The maximum absolute atomic E-state index is 11.9. The van der Waals surface area contributed by atoms with Crippen LogP contribution in [0.2, 0.25) is 5.02 Å². The van der Waals surface area contributed by atoms with Crippen LogP contribution in [0.3, 0.4) is 0 Å². The van der Waals surface area contributed by atoms with Gasteiger partial charge in [-0.05, 0) is 19.1 Å². The molecule has 0 saturated carbocycles. The monoisotopic (exact) mass is 299 g/mol. The number of rotatable bonds is 4. The molecule has 0 unspecified atom stereocenters. The Morgan fingerprint density at radius 3 is 2.89 bits per heavy atom. The SMILES string of the molecule is CCOC(=O)C1=C(Sc2ccccc2Cl)NNN1C. The Morgan fingerprint density at radius 2 is 2.21 bits per heavy atom. The van der Waals surface area contributed by atoms with E-state index in [-0.39, 0.29) is 5.97 Å². The zero-order valence-electron chi connectivity index (χ0n) is 10.6. The Bertz CT molecular complexity index is 521. The molecule has 1 aliphatic heterocycles. The number of hydrogen-bond acceptors (Lipinski definition) is 6. The van der Waals surface area contributed by atoms with E-state index in [1.165, 1.54) is 11.8 Å². The van der Waals surface area contributed by atoms with Gasteiger partial charge in [-0.15, -0.1) is 5.53 Å². The van der Waals surface area contributed by atoms with Gasteiger partial charge < -0.3 is 4.74 Å². The van der Waals surface area contributed by atoms with E-state index in [9.17, 15) is 4.79 Å². The second-order valence-electron chi connectivity index (χ2n) is 3.73. The fourth-order valence-electron chi connectivity index (χ4n) is 1.54. The largest absolute Gasteiger partial charge is 0.461 e. The van der Waals surface area contributed by atoms with Crippen molar-refractivity contribution in [2.24, 2.45) is 0 Å². The molecular weight excluding hydrogens is 286 g/mol. The molecule has 0 bridgehead atoms. The van der Waals surface area contributed by atoms with Gasteiger partial charge in [-0.1, -0.05) is 35.5 Å². The molecule has 0 amide bonds. The minimum Gasteiger partial charge on any atom is -0.461 e. The summed E-state index contributed by atoms with van der Waals surface area (Å²) >= 11 is 7.48. The minimum atomic E-state index is -0.378. The number of thioether (sulfide) groups is 1. The van der Waals surface area contributed by atoms with E-state index in [0.29, 0.717) is 22.4 Å². The van der Waals surface area contributed by atoms with Crippen LogP contribution >= 0.6 is 23.4 Å². The molecule has 0 saturated heterocycles. The summed E-state index contributed by atoms with van der Waals surface area (Å²) in [5.74, 6) is -0.378. The molecule has 0 aromatic heterocycles. The second-order valence-corrected chi connectivity index (χ2v) is 5.19. The van der Waals surface area contributed by atoms with Crippen LogP contribution in [0.25, 0.3) is 0 Å². The molecule has 1 heterocycles. The van der Waals surface area contributed by atoms with Gasteiger partial charge in [0.1, 0.15) is 5.03 Å². The summed E-state index contributed by atoms with van der Waals surface area (Å²) in [7, 11) is 1.74. The van der Waals surface area contributed by atoms with Crippen molar-refractivity contribution < 1.29 is 9.53 Å². The third-order valence-corrected chi connectivity index (χ3v) is 3.92. The highest BCUT2D eigenvalue weighted by atomic mass is 35.5. The number of hydrazine groups is 2. The molecule has 102 valence electrons. The van der Waals surface area contributed by atoms with Crippen LogP contribution in [-0.2, 0) is 9.53 Å². The number of carbonyl (C=O) groups excluding carboxylic acids is 1. The minimum absolute atomic E-state index is 0.334. The van der Waals surface area contributed by atoms with E-state index in [1.54, 1.807) is 25.0 Å². The number of benzene rings is 1. The van der Waals surface area contributed by atoms with Crippen LogP contribution < -0.4 is 11.0 Å². The first-order chi connectivity index (χ1) is 9.13. The lowest BCUT2D eigenvalue weighted by molar-refractivity contribution is -0.140. The Labute approximate surface area is 120 Å². The van der Waals surface area contributed by atoms with Gasteiger partial charge in [0.25, 0.3) is 0 Å². The summed E-state index contributed by atoms with van der Waals surface area (Å²) in [4.78, 5) is 12.8. The van der Waals surface area contributed by atoms with E-state index in [1.807, 2.05) is 18.2 Å². The lowest BCUT2D eigenvalue weighted by atomic mass is 10.4. The molecule has 1 aromatic rings. The van der Waals surface area contributed by atoms with Crippen molar-refractivity contribution >= 4 is 29.3 Å². The van der Waals surface area contributed by atoms with E-state index in [4.69, 9.17) is 16.3 Å². The summed E-state index contributed by atoms with van der Waals surface area (Å²) in [6.45, 7) is 2.11. The van der Waals surface area contributed by atoms with Crippen LogP contribution in [0.15, 0.2) is 39.9 Å². The maximum atomic E-state index is 11.9. The van der Waals surface area contributed by atoms with Crippen molar-refractivity contribution in [3.63, 3.8) is 0 Å². The Kier molecular flexibility index (Phi) is 4.57. The molecule has 0 spiro atoms. The van der Waals surface area contributed by atoms with E-state index in [2.05, 4.69) is 11.0 Å². The van der Waals surface area contributed by atoms with E-state index >= 15 is 0 Å². The number of hydrogen-bond donors (Lipinski definition) is 2. The summed E-state index contributed by atoms with van der Waals surface area (Å²) in [6.07, 6.45) is 0. The smallest absolute Gasteiger partial charge is 0.358 e. The average Bonchev–Trinajstić information content (AvgIpc) is 2.74. The first kappa shape index (κ1) is 14.0. The van der Waals surface area contributed by atoms with Gasteiger partial charge in [0.05, 0.1) is 11.6 Å². The molecule has 1 aromatic carbocycles. The van der Waals surface area contributed by atoms with Crippen molar-refractivity contribution in [1.82, 2.24) is 16.0 Å². The fraction of sp³-hybridized carbons (Fsp3) is 0.250. The molecule has 19 heavy (non-hydrogen) atoms. The highest BCUT2D eigenvalue weighted by Crippen LogP contribution is 2.34. The number of ether oxygens (including phenoxy) is 1. The quantitative estimate of drug-likeness (QED) is 0.831.